The van der Waals surface area contributed by atoms with E-state index in [1.54, 1.807) is 25.1 Å². The summed E-state index contributed by atoms with van der Waals surface area (Å²) in [6.07, 6.45) is 0.0800. The second kappa shape index (κ2) is 5.22. The normalized spacial score (nSPS) is 12.3. The van der Waals surface area contributed by atoms with E-state index in [-0.39, 0.29) is 6.42 Å². The second-order valence-electron chi connectivity index (χ2n) is 3.87. The van der Waals surface area contributed by atoms with Crippen LogP contribution in [-0.4, -0.2) is 20.4 Å². The van der Waals surface area contributed by atoms with Crippen LogP contribution in [0.1, 0.15) is 22.3 Å². The van der Waals surface area contributed by atoms with Crippen LogP contribution in [-0.2, 0) is 11.2 Å². The number of aromatic nitrogens is 2. The van der Waals surface area contributed by atoms with Gasteiger partial charge in [-0.3, -0.25) is 4.79 Å². The van der Waals surface area contributed by atoms with Gasteiger partial charge in [0.25, 0.3) is 0 Å². The first-order valence-electron chi connectivity index (χ1n) is 5.34. The minimum absolute atomic E-state index is 0.0800. The molecule has 2 aromatic rings. The van der Waals surface area contributed by atoms with E-state index < -0.39 is 17.7 Å². The Balaban J connectivity index is 2.28. The smallest absolute Gasteiger partial charge is 0.313 e. The van der Waals surface area contributed by atoms with E-state index >= 15 is 0 Å². The standard InChI is InChI=1S/C12H11FN2O2S/c1-7-14-11(18-15-7)9(12(16)17)6-8-4-2-3-5-10(8)13/h2-5,9H,6H2,1H3,(H,16,17). The third-order valence-electron chi connectivity index (χ3n) is 2.52. The molecule has 4 nitrogen and oxygen atoms in total. The molecular formula is C12H11FN2O2S. The van der Waals surface area contributed by atoms with Gasteiger partial charge in [-0.1, -0.05) is 18.2 Å². The Hall–Kier alpha value is -1.82. The molecule has 0 saturated carbocycles. The number of benzene rings is 1. The van der Waals surface area contributed by atoms with Gasteiger partial charge in [0, 0.05) is 0 Å². The zero-order valence-corrected chi connectivity index (χ0v) is 10.4. The molecular weight excluding hydrogens is 255 g/mol. The molecule has 0 spiro atoms. The van der Waals surface area contributed by atoms with Crippen molar-refractivity contribution in [1.82, 2.24) is 9.36 Å². The van der Waals surface area contributed by atoms with Gasteiger partial charge >= 0.3 is 5.97 Å². The minimum Gasteiger partial charge on any atom is -0.481 e. The van der Waals surface area contributed by atoms with Gasteiger partial charge in [-0.15, -0.1) is 0 Å². The third kappa shape index (κ3) is 2.70. The number of aryl methyl sites for hydroxylation is 1. The quantitative estimate of drug-likeness (QED) is 0.923. The molecule has 1 atom stereocenters. The highest BCUT2D eigenvalue weighted by atomic mass is 32.1. The number of carboxylic acids is 1. The van der Waals surface area contributed by atoms with Crippen molar-refractivity contribution in [3.8, 4) is 0 Å². The van der Waals surface area contributed by atoms with Crippen molar-refractivity contribution in [1.29, 1.82) is 0 Å². The zero-order chi connectivity index (χ0) is 13.1. The number of aliphatic carboxylic acids is 1. The third-order valence-corrected chi connectivity index (χ3v) is 3.44. The van der Waals surface area contributed by atoms with Crippen LogP contribution in [0.15, 0.2) is 24.3 Å². The molecule has 1 aromatic carbocycles. The van der Waals surface area contributed by atoms with Crippen LogP contribution in [0.25, 0.3) is 0 Å². The average Bonchev–Trinajstić information content (AvgIpc) is 2.74. The van der Waals surface area contributed by atoms with E-state index in [0.717, 1.165) is 11.5 Å². The predicted octanol–water partition coefficient (Wildman–Crippen LogP) is 2.40. The number of rotatable bonds is 4. The minimum atomic E-state index is -1.02. The first-order valence-corrected chi connectivity index (χ1v) is 6.11. The molecule has 1 heterocycles. The Bertz CT molecular complexity index is 571. The summed E-state index contributed by atoms with van der Waals surface area (Å²) in [6.45, 7) is 1.70. The fraction of sp³-hybridized carbons (Fsp3) is 0.250. The molecule has 0 bridgehead atoms. The van der Waals surface area contributed by atoms with Crippen molar-refractivity contribution in [3.05, 3.63) is 46.5 Å². The fourth-order valence-corrected chi connectivity index (χ4v) is 2.37. The molecule has 0 saturated heterocycles. The fourth-order valence-electron chi connectivity index (χ4n) is 1.62. The van der Waals surface area contributed by atoms with Crippen LogP contribution in [0.3, 0.4) is 0 Å². The maximum Gasteiger partial charge on any atom is 0.313 e. The van der Waals surface area contributed by atoms with Crippen molar-refractivity contribution >= 4 is 17.5 Å². The highest BCUT2D eigenvalue weighted by molar-refractivity contribution is 7.05. The highest BCUT2D eigenvalue weighted by Crippen LogP contribution is 2.24. The number of nitrogens with zero attached hydrogens (tertiary/aromatic N) is 2. The molecule has 94 valence electrons. The molecule has 1 N–H and O–H groups in total. The SMILES string of the molecule is Cc1nsc(C(Cc2ccccc2F)C(=O)O)n1. The zero-order valence-electron chi connectivity index (χ0n) is 9.63. The van der Waals surface area contributed by atoms with Crippen LogP contribution in [0, 0.1) is 12.7 Å². The van der Waals surface area contributed by atoms with E-state index in [0.29, 0.717) is 16.4 Å². The van der Waals surface area contributed by atoms with Gasteiger partial charge in [0.2, 0.25) is 0 Å². The summed E-state index contributed by atoms with van der Waals surface area (Å²) in [5.74, 6) is -1.73. The molecule has 6 heteroatoms. The van der Waals surface area contributed by atoms with Crippen molar-refractivity contribution in [2.75, 3.05) is 0 Å². The first kappa shape index (κ1) is 12.6. The molecule has 0 aliphatic heterocycles. The topological polar surface area (TPSA) is 63.1 Å². The molecule has 0 radical (unpaired) electrons. The molecule has 18 heavy (non-hydrogen) atoms. The lowest BCUT2D eigenvalue weighted by molar-refractivity contribution is -0.138. The average molecular weight is 266 g/mol. The van der Waals surface area contributed by atoms with E-state index in [1.165, 1.54) is 6.07 Å². The lowest BCUT2D eigenvalue weighted by Crippen LogP contribution is -2.15. The molecule has 1 aromatic heterocycles. The lowest BCUT2D eigenvalue weighted by Gasteiger charge is -2.09. The molecule has 0 fully saturated rings. The Morgan fingerprint density at radius 3 is 2.78 bits per heavy atom. The van der Waals surface area contributed by atoms with E-state index in [2.05, 4.69) is 9.36 Å². The largest absolute Gasteiger partial charge is 0.481 e. The van der Waals surface area contributed by atoms with Crippen LogP contribution in [0.2, 0.25) is 0 Å². The van der Waals surface area contributed by atoms with Crippen LogP contribution >= 0.6 is 11.5 Å². The predicted molar refractivity (Wildman–Crippen MR) is 65.1 cm³/mol. The summed E-state index contributed by atoms with van der Waals surface area (Å²) in [6, 6.07) is 6.16. The molecule has 2 rings (SSSR count). The summed E-state index contributed by atoms with van der Waals surface area (Å²) < 4.78 is 17.5. The second-order valence-corrected chi connectivity index (χ2v) is 4.65. The Kier molecular flexibility index (Phi) is 3.66. The van der Waals surface area contributed by atoms with Gasteiger partial charge in [-0.2, -0.15) is 4.37 Å². The summed E-state index contributed by atoms with van der Waals surface area (Å²) in [4.78, 5) is 15.3. The van der Waals surface area contributed by atoms with E-state index in [4.69, 9.17) is 0 Å². The van der Waals surface area contributed by atoms with E-state index in [9.17, 15) is 14.3 Å². The highest BCUT2D eigenvalue weighted by Gasteiger charge is 2.25. The molecule has 0 aliphatic rings. The summed E-state index contributed by atoms with van der Waals surface area (Å²) >= 11 is 1.05. The van der Waals surface area contributed by atoms with E-state index in [1.807, 2.05) is 0 Å². The molecule has 0 amide bonds. The number of hydrogen-bond acceptors (Lipinski definition) is 4. The number of carbonyl (C=O) groups is 1. The maximum atomic E-state index is 13.5. The lowest BCUT2D eigenvalue weighted by atomic mass is 9.99. The summed E-state index contributed by atoms with van der Waals surface area (Å²) in [7, 11) is 0. The van der Waals surface area contributed by atoms with Gasteiger partial charge in [-0.05, 0) is 36.5 Å². The molecule has 1 unspecified atom stereocenters. The number of halogens is 1. The number of carboxylic acid groups (broad SMARTS) is 1. The first-order chi connectivity index (χ1) is 8.58. The van der Waals surface area contributed by atoms with Gasteiger partial charge in [-0.25, -0.2) is 9.37 Å². The van der Waals surface area contributed by atoms with Crippen LogP contribution in [0.5, 0.6) is 0 Å². The van der Waals surface area contributed by atoms with Crippen LogP contribution < -0.4 is 0 Å². The van der Waals surface area contributed by atoms with Gasteiger partial charge < -0.3 is 5.11 Å². The summed E-state index contributed by atoms with van der Waals surface area (Å²) in [5.41, 5.74) is 0.373. The monoisotopic (exact) mass is 266 g/mol. The van der Waals surface area contributed by atoms with Crippen molar-refractivity contribution in [2.45, 2.75) is 19.3 Å². The van der Waals surface area contributed by atoms with Gasteiger partial charge in [0.05, 0.1) is 0 Å². The van der Waals surface area contributed by atoms with Crippen molar-refractivity contribution in [3.63, 3.8) is 0 Å². The Labute approximate surface area is 107 Å². The van der Waals surface area contributed by atoms with Gasteiger partial charge in [0.15, 0.2) is 0 Å². The molecule has 0 aliphatic carbocycles. The van der Waals surface area contributed by atoms with Crippen molar-refractivity contribution in [2.24, 2.45) is 0 Å². The number of hydrogen-bond donors (Lipinski definition) is 1. The maximum absolute atomic E-state index is 13.5. The Morgan fingerprint density at radius 1 is 1.50 bits per heavy atom. The Morgan fingerprint density at radius 2 is 2.22 bits per heavy atom. The van der Waals surface area contributed by atoms with Crippen LogP contribution in [0.4, 0.5) is 4.39 Å². The van der Waals surface area contributed by atoms with Crippen molar-refractivity contribution < 1.29 is 14.3 Å². The summed E-state index contributed by atoms with van der Waals surface area (Å²) in [5, 5.41) is 9.61. The van der Waals surface area contributed by atoms with Gasteiger partial charge in [0.1, 0.15) is 22.6 Å².